The molecule has 0 aliphatic carbocycles. The molecule has 2 aliphatic heterocycles. The lowest BCUT2D eigenvalue weighted by Crippen LogP contribution is -2.34. The number of hydrogen-bond acceptors (Lipinski definition) is 4. The average Bonchev–Trinajstić information content (AvgIpc) is 3.56. The molecule has 0 saturated heterocycles. The van der Waals surface area contributed by atoms with Crippen LogP contribution in [0.1, 0.15) is 44.5 Å². The third-order valence-corrected chi connectivity index (χ3v) is 10.0. The van der Waals surface area contributed by atoms with E-state index in [0.29, 0.717) is 51.5 Å². The van der Waals surface area contributed by atoms with Crippen molar-refractivity contribution in [1.82, 2.24) is 0 Å². The van der Waals surface area contributed by atoms with Gasteiger partial charge in [0.15, 0.2) is 34.9 Å². The number of anilines is 8. The molecule has 0 spiro atoms. The minimum atomic E-state index is -0.994. The molecule has 2 aliphatic rings. The Morgan fingerprint density at radius 3 is 0.926 bits per heavy atom. The van der Waals surface area contributed by atoms with Crippen molar-refractivity contribution in [3.05, 3.63) is 176 Å². The van der Waals surface area contributed by atoms with E-state index in [1.165, 1.54) is 24.3 Å². The maximum atomic E-state index is 15.6. The van der Waals surface area contributed by atoms with E-state index in [4.69, 9.17) is 0 Å². The van der Waals surface area contributed by atoms with Crippen molar-refractivity contribution in [2.24, 2.45) is 0 Å². The minimum absolute atomic E-state index is 0.412. The van der Waals surface area contributed by atoms with Crippen molar-refractivity contribution >= 4 is 45.5 Å². The highest BCUT2D eigenvalue weighted by molar-refractivity contribution is 6.00. The molecule has 0 aromatic heterocycles. The van der Waals surface area contributed by atoms with E-state index >= 15 is 17.6 Å². The van der Waals surface area contributed by atoms with Crippen molar-refractivity contribution in [2.45, 2.75) is 55.4 Å². The van der Waals surface area contributed by atoms with E-state index in [1.54, 1.807) is 0 Å². The second-order valence-electron chi connectivity index (χ2n) is 14.8. The fraction of sp³-hybridized carbons (Fsp3) is 0.174. The Morgan fingerprint density at radius 1 is 0.296 bits per heavy atom. The highest BCUT2D eigenvalue weighted by Crippen LogP contribution is 2.58. The predicted molar refractivity (Wildman–Crippen MR) is 212 cm³/mol. The van der Waals surface area contributed by atoms with Gasteiger partial charge in [-0.25, -0.2) is 17.6 Å². The van der Waals surface area contributed by atoms with Crippen LogP contribution in [0, 0.1) is 78.7 Å². The largest absolute Gasteiger partial charge is 0.291 e. The maximum absolute atomic E-state index is 15.6. The van der Waals surface area contributed by atoms with Gasteiger partial charge in [-0.05, 0) is 142 Å². The van der Waals surface area contributed by atoms with Crippen molar-refractivity contribution in [2.75, 3.05) is 19.6 Å². The molecule has 4 nitrogen and oxygen atoms in total. The molecular weight excluding hydrogens is 685 g/mol. The third-order valence-electron chi connectivity index (χ3n) is 10.0. The molecular formula is C46H40F4N4. The normalized spacial score (nSPS) is 13.7. The number of aryl methyl sites for hydroxylation is 8. The van der Waals surface area contributed by atoms with Gasteiger partial charge < -0.3 is 0 Å². The van der Waals surface area contributed by atoms with Crippen LogP contribution in [0.25, 0.3) is 0 Å². The maximum Gasteiger partial charge on any atom is 0.166 e. The molecule has 0 radical (unpaired) electrons. The fourth-order valence-electron chi connectivity index (χ4n) is 8.05. The second kappa shape index (κ2) is 12.8. The van der Waals surface area contributed by atoms with Crippen LogP contribution in [0.2, 0.25) is 0 Å². The second-order valence-corrected chi connectivity index (χ2v) is 14.8. The summed E-state index contributed by atoms with van der Waals surface area (Å²) in [5.41, 5.74) is 12.2. The summed E-state index contributed by atoms with van der Waals surface area (Å²) < 4.78 is 62.5. The molecule has 0 amide bonds. The summed E-state index contributed by atoms with van der Waals surface area (Å²) in [5.74, 6) is -2.94. The van der Waals surface area contributed by atoms with Gasteiger partial charge in [-0.3, -0.25) is 19.6 Å². The first kappa shape index (κ1) is 35.0. The van der Waals surface area contributed by atoms with Crippen LogP contribution < -0.4 is 19.6 Å². The van der Waals surface area contributed by atoms with Crippen LogP contribution in [-0.2, 0) is 0 Å². The van der Waals surface area contributed by atoms with Crippen molar-refractivity contribution < 1.29 is 17.6 Å². The van der Waals surface area contributed by atoms with E-state index in [1.807, 2.05) is 130 Å². The van der Waals surface area contributed by atoms with Gasteiger partial charge in [0, 0.05) is 41.3 Å². The molecule has 0 atom stereocenters. The van der Waals surface area contributed by atoms with Crippen LogP contribution in [0.3, 0.4) is 0 Å². The number of halogens is 4. The molecule has 0 fully saturated rings. The Bertz CT molecular complexity index is 2430. The van der Waals surface area contributed by atoms with Crippen LogP contribution in [0.15, 0.2) is 109 Å². The Labute approximate surface area is 313 Å². The van der Waals surface area contributed by atoms with Crippen molar-refractivity contribution in [3.8, 4) is 0 Å². The average molecular weight is 725 g/mol. The van der Waals surface area contributed by atoms with E-state index < -0.39 is 23.3 Å². The topological polar surface area (TPSA) is 13.0 Å². The monoisotopic (exact) mass is 724 g/mol. The van der Waals surface area contributed by atoms with Gasteiger partial charge in [0.25, 0.3) is 0 Å². The molecule has 8 rings (SSSR count). The van der Waals surface area contributed by atoms with E-state index in [9.17, 15) is 0 Å². The van der Waals surface area contributed by atoms with Gasteiger partial charge in [-0.15, -0.1) is 0 Å². The Morgan fingerprint density at radius 2 is 0.593 bits per heavy atom. The zero-order valence-corrected chi connectivity index (χ0v) is 31.5. The smallest absolute Gasteiger partial charge is 0.166 e. The lowest BCUT2D eigenvalue weighted by molar-refractivity contribution is 0.509. The Kier molecular flexibility index (Phi) is 8.32. The van der Waals surface area contributed by atoms with Gasteiger partial charge in [0.1, 0.15) is 0 Å². The lowest BCUT2D eigenvalue weighted by atomic mass is 10.1. The van der Waals surface area contributed by atoms with Crippen molar-refractivity contribution in [1.29, 1.82) is 0 Å². The Balaban J connectivity index is 1.62. The van der Waals surface area contributed by atoms with Crippen molar-refractivity contribution in [3.63, 3.8) is 0 Å². The summed E-state index contributed by atoms with van der Waals surface area (Å²) in [6, 6.07) is 29.2. The first-order valence-electron chi connectivity index (χ1n) is 17.9. The highest BCUT2D eigenvalue weighted by atomic mass is 19.2. The molecule has 2 heterocycles. The summed E-state index contributed by atoms with van der Waals surface area (Å²) >= 11 is 0. The highest BCUT2D eigenvalue weighted by Gasteiger charge is 2.46. The van der Waals surface area contributed by atoms with Gasteiger partial charge in [-0.1, -0.05) is 30.3 Å². The molecule has 6 aromatic carbocycles. The summed E-state index contributed by atoms with van der Waals surface area (Å²) in [6.07, 6.45) is 0. The number of fused-ring (bicyclic) bond motifs is 2. The summed E-state index contributed by atoms with van der Waals surface area (Å²) in [6.45, 7) is 15.9. The van der Waals surface area contributed by atoms with Crippen LogP contribution in [-0.4, -0.2) is 0 Å². The fourth-order valence-corrected chi connectivity index (χ4v) is 8.05. The molecule has 272 valence electrons. The lowest BCUT2D eigenvalue weighted by Gasteiger charge is -2.35. The standard InChI is InChI=1S/C46H40F4N4/c1-25-9-10-32(8)40(20-25)54-44-24-39(50)38(49)23-43(44)53(35-18-30(6)13-31(7)19-35)46(54)45-51(33-14-26(2)11-27(3)15-33)41-21-36(47)37(48)22-42(41)52(45)34-16-28(4)12-29(5)17-34/h9-24H,1-8H3. The molecule has 54 heavy (non-hydrogen) atoms. The zero-order chi connectivity index (χ0) is 38.3. The van der Waals surface area contributed by atoms with Gasteiger partial charge >= 0.3 is 0 Å². The molecule has 0 saturated carbocycles. The van der Waals surface area contributed by atoms with E-state index in [0.717, 1.165) is 50.2 Å². The minimum Gasteiger partial charge on any atom is -0.291 e. The SMILES string of the molecule is Cc1cc(C)cc(N2C(=C3N(c4cc(C)cc(C)c4)c4cc(F)c(F)cc4N3c3cc(C)ccc3C)N(c3cc(C)cc(C)c3)c3cc(F)c(F)cc32)c1. The van der Waals surface area contributed by atoms with E-state index in [-0.39, 0.29) is 0 Å². The van der Waals surface area contributed by atoms with Crippen LogP contribution >= 0.6 is 0 Å². The van der Waals surface area contributed by atoms with Gasteiger partial charge in [-0.2, -0.15) is 0 Å². The quantitative estimate of drug-likeness (QED) is 0.168. The number of benzene rings is 6. The predicted octanol–water partition coefficient (Wildman–Crippen LogP) is 13.1. The van der Waals surface area contributed by atoms with Crippen LogP contribution in [0.4, 0.5) is 63.1 Å². The van der Waals surface area contributed by atoms with Gasteiger partial charge in [0.2, 0.25) is 0 Å². The Hall–Kier alpha value is -6.02. The molecule has 6 aromatic rings. The molecule has 8 heteroatoms. The van der Waals surface area contributed by atoms with Crippen LogP contribution in [0.5, 0.6) is 0 Å². The molecule has 0 N–H and O–H groups in total. The third kappa shape index (κ3) is 5.77. The zero-order valence-electron chi connectivity index (χ0n) is 31.5. The molecule has 0 unspecified atom stereocenters. The summed E-state index contributed by atoms with van der Waals surface area (Å²) in [4.78, 5) is 7.78. The van der Waals surface area contributed by atoms with E-state index in [2.05, 4.69) is 18.2 Å². The van der Waals surface area contributed by atoms with Gasteiger partial charge in [0.05, 0.1) is 28.4 Å². The summed E-state index contributed by atoms with van der Waals surface area (Å²) in [7, 11) is 0. The molecule has 0 bridgehead atoms. The number of nitrogens with zero attached hydrogens (tertiary/aromatic N) is 4. The number of hydrogen-bond donors (Lipinski definition) is 0. The summed E-state index contributed by atoms with van der Waals surface area (Å²) in [5, 5.41) is 0. The number of rotatable bonds is 4. The first-order chi connectivity index (χ1) is 25.7. The first-order valence-corrected chi connectivity index (χ1v) is 17.9.